The van der Waals surface area contributed by atoms with E-state index in [-0.39, 0.29) is 0 Å². The van der Waals surface area contributed by atoms with Crippen molar-refractivity contribution in [2.75, 3.05) is 0 Å². The highest BCUT2D eigenvalue weighted by Gasteiger charge is 2.04. The lowest BCUT2D eigenvalue weighted by Gasteiger charge is -1.94. The lowest BCUT2D eigenvalue weighted by molar-refractivity contribution is 0.919. The first-order valence-electron chi connectivity index (χ1n) is 2.79. The SMILES string of the molecule is Clc1ncc(Br)n2ncnc12. The average molecular weight is 233 g/mol. The van der Waals surface area contributed by atoms with Gasteiger partial charge >= 0.3 is 0 Å². The van der Waals surface area contributed by atoms with E-state index < -0.39 is 0 Å². The van der Waals surface area contributed by atoms with Crippen LogP contribution in [0.2, 0.25) is 5.15 Å². The summed E-state index contributed by atoms with van der Waals surface area (Å²) in [6, 6.07) is 0. The van der Waals surface area contributed by atoms with Crippen LogP contribution in [-0.2, 0) is 0 Å². The van der Waals surface area contributed by atoms with E-state index in [1.54, 1.807) is 10.7 Å². The zero-order valence-electron chi connectivity index (χ0n) is 5.20. The van der Waals surface area contributed by atoms with Gasteiger partial charge in [-0.3, -0.25) is 0 Å². The van der Waals surface area contributed by atoms with Gasteiger partial charge in [-0.15, -0.1) is 0 Å². The highest BCUT2D eigenvalue weighted by atomic mass is 79.9. The third-order valence-corrected chi connectivity index (χ3v) is 2.03. The molecule has 56 valence electrons. The van der Waals surface area contributed by atoms with Crippen LogP contribution in [0.3, 0.4) is 0 Å². The van der Waals surface area contributed by atoms with Gasteiger partial charge in [0.15, 0.2) is 10.8 Å². The zero-order valence-corrected chi connectivity index (χ0v) is 7.54. The van der Waals surface area contributed by atoms with E-state index >= 15 is 0 Å². The number of fused-ring (bicyclic) bond motifs is 1. The van der Waals surface area contributed by atoms with Crippen molar-refractivity contribution < 1.29 is 0 Å². The van der Waals surface area contributed by atoms with Crippen molar-refractivity contribution in [2.24, 2.45) is 0 Å². The van der Waals surface area contributed by atoms with Crippen molar-refractivity contribution in [3.63, 3.8) is 0 Å². The molecule has 2 rings (SSSR count). The molecule has 0 aromatic carbocycles. The second kappa shape index (κ2) is 2.42. The number of hydrogen-bond donors (Lipinski definition) is 0. The van der Waals surface area contributed by atoms with Crippen LogP contribution in [0.1, 0.15) is 0 Å². The maximum atomic E-state index is 5.72. The van der Waals surface area contributed by atoms with Crippen molar-refractivity contribution in [1.29, 1.82) is 0 Å². The van der Waals surface area contributed by atoms with Crippen LogP contribution in [0.5, 0.6) is 0 Å². The van der Waals surface area contributed by atoms with Gasteiger partial charge in [-0.2, -0.15) is 5.10 Å². The summed E-state index contributed by atoms with van der Waals surface area (Å²) in [5, 5.41) is 4.27. The molecule has 0 fully saturated rings. The van der Waals surface area contributed by atoms with E-state index in [0.29, 0.717) is 10.8 Å². The molecule has 0 unspecified atom stereocenters. The number of hydrogen-bond acceptors (Lipinski definition) is 3. The molecule has 0 saturated heterocycles. The molecule has 2 aromatic heterocycles. The second-order valence-corrected chi connectivity index (χ2v) is 3.04. The lowest BCUT2D eigenvalue weighted by atomic mass is 10.7. The highest BCUT2D eigenvalue weighted by Crippen LogP contribution is 2.15. The fourth-order valence-corrected chi connectivity index (χ4v) is 1.30. The lowest BCUT2D eigenvalue weighted by Crippen LogP contribution is -1.91. The Bertz CT molecular complexity index is 362. The summed E-state index contributed by atoms with van der Waals surface area (Å²) < 4.78 is 2.30. The van der Waals surface area contributed by atoms with E-state index in [1.165, 1.54) is 6.33 Å². The Balaban J connectivity index is 2.96. The molecule has 0 radical (unpaired) electrons. The molecular formula is C5H2BrClN4. The van der Waals surface area contributed by atoms with Crippen LogP contribution in [0.4, 0.5) is 0 Å². The quantitative estimate of drug-likeness (QED) is 0.693. The summed E-state index contributed by atoms with van der Waals surface area (Å²) >= 11 is 8.96. The minimum absolute atomic E-state index is 0.353. The fourth-order valence-electron chi connectivity index (χ4n) is 0.761. The summed E-state index contributed by atoms with van der Waals surface area (Å²) in [7, 11) is 0. The molecule has 0 bridgehead atoms. The van der Waals surface area contributed by atoms with Gasteiger partial charge in [0.2, 0.25) is 0 Å². The van der Waals surface area contributed by atoms with Gasteiger partial charge in [-0.05, 0) is 15.9 Å². The van der Waals surface area contributed by atoms with Gasteiger partial charge in [0.25, 0.3) is 0 Å². The Kier molecular flexibility index (Phi) is 1.54. The maximum absolute atomic E-state index is 5.72. The van der Waals surface area contributed by atoms with E-state index in [2.05, 4.69) is 31.0 Å². The Morgan fingerprint density at radius 1 is 1.45 bits per heavy atom. The smallest absolute Gasteiger partial charge is 0.194 e. The molecule has 0 atom stereocenters. The van der Waals surface area contributed by atoms with E-state index in [0.717, 1.165) is 4.60 Å². The standard InChI is InChI=1S/C5H2BrClN4/c6-3-1-8-4(7)5-9-2-10-11(3)5/h1-2H. The van der Waals surface area contributed by atoms with Crippen LogP contribution in [0.15, 0.2) is 17.1 Å². The van der Waals surface area contributed by atoms with Crippen molar-refractivity contribution in [1.82, 2.24) is 19.6 Å². The molecule has 0 saturated carbocycles. The largest absolute Gasteiger partial charge is 0.238 e. The summed E-state index contributed by atoms with van der Waals surface area (Å²) in [5.74, 6) is 0. The van der Waals surface area contributed by atoms with E-state index in [4.69, 9.17) is 11.6 Å². The third-order valence-electron chi connectivity index (χ3n) is 1.22. The molecule has 4 nitrogen and oxygen atoms in total. The zero-order chi connectivity index (χ0) is 7.84. The van der Waals surface area contributed by atoms with E-state index in [1.807, 2.05) is 0 Å². The molecule has 0 aliphatic heterocycles. The Morgan fingerprint density at radius 2 is 2.27 bits per heavy atom. The van der Waals surface area contributed by atoms with Gasteiger partial charge in [0, 0.05) is 0 Å². The molecule has 6 heteroatoms. The normalized spacial score (nSPS) is 10.7. The Labute approximate surface area is 75.3 Å². The molecule has 0 aliphatic rings. The highest BCUT2D eigenvalue weighted by molar-refractivity contribution is 9.10. The fraction of sp³-hybridized carbons (Fsp3) is 0. The molecular weight excluding hydrogens is 231 g/mol. The van der Waals surface area contributed by atoms with E-state index in [9.17, 15) is 0 Å². The predicted octanol–water partition coefficient (Wildman–Crippen LogP) is 1.54. The molecule has 11 heavy (non-hydrogen) atoms. The Morgan fingerprint density at radius 3 is 3.00 bits per heavy atom. The topological polar surface area (TPSA) is 43.1 Å². The van der Waals surface area contributed by atoms with Crippen molar-refractivity contribution in [2.45, 2.75) is 0 Å². The van der Waals surface area contributed by atoms with Crippen molar-refractivity contribution >= 4 is 33.2 Å². The number of nitrogens with zero attached hydrogens (tertiary/aromatic N) is 4. The second-order valence-electron chi connectivity index (χ2n) is 1.87. The number of aromatic nitrogens is 4. The van der Waals surface area contributed by atoms with Crippen LogP contribution in [0.25, 0.3) is 5.65 Å². The summed E-state index contributed by atoms with van der Waals surface area (Å²) in [5.41, 5.74) is 0.557. The van der Waals surface area contributed by atoms with Crippen LogP contribution >= 0.6 is 27.5 Å². The van der Waals surface area contributed by atoms with Gasteiger partial charge in [-0.1, -0.05) is 11.6 Å². The molecule has 0 N–H and O–H groups in total. The average Bonchev–Trinajstić information content (AvgIpc) is 2.45. The first kappa shape index (κ1) is 7.00. The van der Waals surface area contributed by atoms with Crippen LogP contribution in [0, 0.1) is 0 Å². The summed E-state index contributed by atoms with van der Waals surface area (Å²) in [4.78, 5) is 7.78. The predicted molar refractivity (Wildman–Crippen MR) is 43.5 cm³/mol. The Hall–Kier alpha value is -0.680. The molecule has 2 heterocycles. The van der Waals surface area contributed by atoms with Gasteiger partial charge in [0.1, 0.15) is 10.9 Å². The van der Waals surface area contributed by atoms with Gasteiger partial charge < -0.3 is 0 Å². The first-order valence-corrected chi connectivity index (χ1v) is 3.96. The maximum Gasteiger partial charge on any atom is 0.194 e. The van der Waals surface area contributed by atoms with Crippen molar-refractivity contribution in [3.05, 3.63) is 22.3 Å². The summed E-state index contributed by atoms with van der Waals surface area (Å²) in [6.07, 6.45) is 3.00. The first-order chi connectivity index (χ1) is 5.29. The third kappa shape index (κ3) is 1.00. The molecule has 2 aromatic rings. The van der Waals surface area contributed by atoms with Crippen LogP contribution in [-0.4, -0.2) is 19.6 Å². The molecule has 0 amide bonds. The van der Waals surface area contributed by atoms with Crippen molar-refractivity contribution in [3.8, 4) is 0 Å². The van der Waals surface area contributed by atoms with Gasteiger partial charge in [-0.25, -0.2) is 14.5 Å². The minimum atomic E-state index is 0.353. The minimum Gasteiger partial charge on any atom is -0.238 e. The van der Waals surface area contributed by atoms with Gasteiger partial charge in [0.05, 0.1) is 6.20 Å². The molecule has 0 spiro atoms. The monoisotopic (exact) mass is 232 g/mol. The summed E-state index contributed by atoms with van der Waals surface area (Å²) in [6.45, 7) is 0. The molecule has 0 aliphatic carbocycles. The number of rotatable bonds is 0. The number of halogens is 2. The van der Waals surface area contributed by atoms with Crippen LogP contribution < -0.4 is 0 Å².